The molecule has 34 heavy (non-hydrogen) atoms. The molecule has 0 spiro atoms. The smallest absolute Gasteiger partial charge is 0.246 e. The van der Waals surface area contributed by atoms with E-state index in [1.165, 1.54) is 23.1 Å². The number of benzene rings is 2. The van der Waals surface area contributed by atoms with Crippen LogP contribution in [-0.4, -0.2) is 69.4 Å². The zero-order chi connectivity index (χ0) is 24.2. The van der Waals surface area contributed by atoms with E-state index in [4.69, 9.17) is 5.11 Å². The van der Waals surface area contributed by atoms with E-state index in [2.05, 4.69) is 32.5 Å². The van der Waals surface area contributed by atoms with E-state index in [0.29, 0.717) is 15.8 Å². The lowest BCUT2D eigenvalue weighted by Crippen LogP contribution is -2.44. The molecule has 3 amide bonds. The van der Waals surface area contributed by atoms with Gasteiger partial charge in [0.2, 0.25) is 17.7 Å². The average molecular weight is 500 g/mol. The molecular formula is C22H21N5O5S2. The SMILES string of the molecule is C=C(O)CNC(=O)CNC(=O)CNC(=O)C1CSC(c2nc3ccc4cc(O)ccc4c3s2)=N1. The molecule has 0 saturated heterocycles. The first-order valence-corrected chi connectivity index (χ1v) is 12.0. The number of aromatic hydroxyl groups is 1. The summed E-state index contributed by atoms with van der Waals surface area (Å²) in [6.07, 6.45) is 0. The van der Waals surface area contributed by atoms with Gasteiger partial charge < -0.3 is 26.2 Å². The fourth-order valence-electron chi connectivity index (χ4n) is 3.21. The summed E-state index contributed by atoms with van der Waals surface area (Å²) >= 11 is 2.90. The molecule has 0 radical (unpaired) electrons. The van der Waals surface area contributed by atoms with Gasteiger partial charge >= 0.3 is 0 Å². The van der Waals surface area contributed by atoms with Gasteiger partial charge in [0, 0.05) is 11.1 Å². The Morgan fingerprint density at radius 2 is 1.79 bits per heavy atom. The van der Waals surface area contributed by atoms with E-state index in [1.54, 1.807) is 12.1 Å². The number of thiazole rings is 1. The maximum Gasteiger partial charge on any atom is 0.246 e. The van der Waals surface area contributed by atoms with Crippen LogP contribution < -0.4 is 16.0 Å². The van der Waals surface area contributed by atoms with Crippen LogP contribution >= 0.6 is 23.1 Å². The number of phenolic OH excluding ortho intramolecular Hbond substituents is 1. The molecule has 1 atom stereocenters. The van der Waals surface area contributed by atoms with Gasteiger partial charge in [-0.2, -0.15) is 0 Å². The number of aliphatic imine (C=N–C) groups is 1. The molecule has 0 saturated carbocycles. The summed E-state index contributed by atoms with van der Waals surface area (Å²) in [5, 5.41) is 29.2. The number of hydrogen-bond acceptors (Lipinski definition) is 9. The summed E-state index contributed by atoms with van der Waals surface area (Å²) in [7, 11) is 0. The fraction of sp³-hybridized carbons (Fsp3) is 0.227. The van der Waals surface area contributed by atoms with Crippen molar-refractivity contribution in [1.29, 1.82) is 0 Å². The predicted molar refractivity (Wildman–Crippen MR) is 132 cm³/mol. The van der Waals surface area contributed by atoms with Crippen molar-refractivity contribution in [3.8, 4) is 5.75 Å². The highest BCUT2D eigenvalue weighted by molar-refractivity contribution is 8.15. The Bertz CT molecular complexity index is 1340. The van der Waals surface area contributed by atoms with Gasteiger partial charge in [-0.15, -0.1) is 23.1 Å². The quantitative estimate of drug-likeness (QED) is 0.294. The van der Waals surface area contributed by atoms with Gasteiger partial charge in [0.05, 0.1) is 29.9 Å². The Hall–Kier alpha value is -3.64. The number of fused-ring (bicyclic) bond motifs is 3. The molecule has 2 heterocycles. The molecule has 10 nitrogen and oxygen atoms in total. The first-order valence-electron chi connectivity index (χ1n) is 10.2. The standard InChI is InChI=1S/C22H21N5O5S2/c1-11(28)7-23-17(30)8-24-18(31)9-25-20(32)16-10-33-21(27-16)22-26-15-5-2-12-6-13(29)3-4-14(12)19(15)34-22/h2-6,16,28-29H,1,7-10H2,(H,23,30)(H,24,31)(H,25,32). The van der Waals surface area contributed by atoms with E-state index < -0.39 is 17.9 Å². The molecule has 1 aromatic heterocycles. The molecule has 0 aliphatic carbocycles. The van der Waals surface area contributed by atoms with Gasteiger partial charge in [0.25, 0.3) is 0 Å². The van der Waals surface area contributed by atoms with Crippen LogP contribution in [0.3, 0.4) is 0 Å². The summed E-state index contributed by atoms with van der Waals surface area (Å²) in [6.45, 7) is 2.57. The minimum Gasteiger partial charge on any atom is -0.511 e. The second-order valence-corrected chi connectivity index (χ2v) is 9.44. The van der Waals surface area contributed by atoms with Gasteiger partial charge in [0.1, 0.15) is 27.6 Å². The van der Waals surface area contributed by atoms with Crippen molar-refractivity contribution in [3.63, 3.8) is 0 Å². The van der Waals surface area contributed by atoms with E-state index in [1.807, 2.05) is 18.2 Å². The number of carbonyl (C=O) groups is 3. The number of nitrogens with zero attached hydrogens (tertiary/aromatic N) is 2. The number of phenols is 1. The van der Waals surface area contributed by atoms with Crippen LogP contribution in [0.5, 0.6) is 5.75 Å². The highest BCUT2D eigenvalue weighted by Gasteiger charge is 2.27. The molecule has 1 unspecified atom stereocenters. The van der Waals surface area contributed by atoms with Crippen molar-refractivity contribution in [2.24, 2.45) is 4.99 Å². The highest BCUT2D eigenvalue weighted by Crippen LogP contribution is 2.35. The van der Waals surface area contributed by atoms with Gasteiger partial charge in [-0.05, 0) is 29.7 Å². The lowest BCUT2D eigenvalue weighted by molar-refractivity contribution is -0.127. The molecule has 5 N–H and O–H groups in total. The zero-order valence-corrected chi connectivity index (χ0v) is 19.5. The van der Waals surface area contributed by atoms with E-state index >= 15 is 0 Å². The number of amides is 3. The largest absolute Gasteiger partial charge is 0.511 e. The normalized spacial score (nSPS) is 15.2. The van der Waals surface area contributed by atoms with Crippen LogP contribution in [0.4, 0.5) is 0 Å². The predicted octanol–water partition coefficient (Wildman–Crippen LogP) is 1.44. The second-order valence-electron chi connectivity index (χ2n) is 7.44. The number of hydrogen-bond donors (Lipinski definition) is 5. The molecule has 12 heteroatoms. The van der Waals surface area contributed by atoms with Gasteiger partial charge in [-0.3, -0.25) is 19.4 Å². The summed E-state index contributed by atoms with van der Waals surface area (Å²) in [5.41, 5.74) is 0.818. The fourth-order valence-corrected chi connectivity index (χ4v) is 5.41. The third-order valence-corrected chi connectivity index (χ3v) is 7.14. The van der Waals surface area contributed by atoms with Crippen molar-refractivity contribution in [2.45, 2.75) is 6.04 Å². The third kappa shape index (κ3) is 5.46. The number of rotatable bonds is 8. The Morgan fingerprint density at radius 3 is 2.56 bits per heavy atom. The number of nitrogens with one attached hydrogen (secondary N) is 3. The van der Waals surface area contributed by atoms with E-state index in [0.717, 1.165) is 21.0 Å². The van der Waals surface area contributed by atoms with Gasteiger partial charge in [-0.1, -0.05) is 12.6 Å². The summed E-state index contributed by atoms with van der Waals surface area (Å²) in [4.78, 5) is 45.0. The molecule has 2 aromatic carbocycles. The number of aromatic nitrogens is 1. The third-order valence-electron chi connectivity index (χ3n) is 4.85. The monoisotopic (exact) mass is 499 g/mol. The summed E-state index contributed by atoms with van der Waals surface area (Å²) in [6, 6.07) is 8.34. The minimum absolute atomic E-state index is 0.0976. The maximum absolute atomic E-state index is 12.5. The first-order chi connectivity index (χ1) is 16.3. The topological polar surface area (TPSA) is 153 Å². The van der Waals surface area contributed by atoms with E-state index in [-0.39, 0.29) is 37.1 Å². The second kappa shape index (κ2) is 10.1. The maximum atomic E-state index is 12.5. The molecule has 3 aromatic rings. The molecule has 176 valence electrons. The number of carbonyl (C=O) groups excluding carboxylic acids is 3. The summed E-state index contributed by atoms with van der Waals surface area (Å²) in [5.74, 6) is -0.963. The summed E-state index contributed by atoms with van der Waals surface area (Å²) < 4.78 is 0.979. The van der Waals surface area contributed by atoms with Crippen LogP contribution in [0.25, 0.3) is 21.0 Å². The van der Waals surface area contributed by atoms with Crippen LogP contribution in [0, 0.1) is 0 Å². The molecule has 4 rings (SSSR count). The first kappa shape index (κ1) is 23.5. The number of aliphatic hydroxyl groups excluding tert-OH is 1. The highest BCUT2D eigenvalue weighted by atomic mass is 32.2. The molecule has 1 aliphatic heterocycles. The zero-order valence-electron chi connectivity index (χ0n) is 17.8. The molecule has 0 bridgehead atoms. The average Bonchev–Trinajstić information content (AvgIpc) is 3.47. The Kier molecular flexibility index (Phi) is 6.98. The van der Waals surface area contributed by atoms with Crippen LogP contribution in [-0.2, 0) is 14.4 Å². The number of thioether (sulfide) groups is 1. The molecule has 0 fully saturated rings. The molecular weight excluding hydrogens is 478 g/mol. The van der Waals surface area contributed by atoms with E-state index in [9.17, 15) is 19.5 Å². The van der Waals surface area contributed by atoms with Crippen molar-refractivity contribution in [1.82, 2.24) is 20.9 Å². The van der Waals surface area contributed by atoms with Gasteiger partial charge in [-0.25, -0.2) is 4.98 Å². The van der Waals surface area contributed by atoms with Crippen molar-refractivity contribution < 1.29 is 24.6 Å². The lowest BCUT2D eigenvalue weighted by atomic mass is 10.1. The van der Waals surface area contributed by atoms with Crippen LogP contribution in [0.2, 0.25) is 0 Å². The molecule has 1 aliphatic rings. The number of aliphatic hydroxyl groups is 1. The lowest BCUT2D eigenvalue weighted by Gasteiger charge is -2.09. The Morgan fingerprint density at radius 1 is 1.06 bits per heavy atom. The minimum atomic E-state index is -0.646. The van der Waals surface area contributed by atoms with Crippen molar-refractivity contribution in [2.75, 3.05) is 25.4 Å². The van der Waals surface area contributed by atoms with Crippen molar-refractivity contribution >= 4 is 66.9 Å². The Balaban J connectivity index is 1.34. The van der Waals surface area contributed by atoms with Crippen molar-refractivity contribution in [3.05, 3.63) is 47.7 Å². The van der Waals surface area contributed by atoms with Crippen LogP contribution in [0.15, 0.2) is 47.7 Å². The van der Waals surface area contributed by atoms with Gasteiger partial charge in [0.15, 0.2) is 0 Å². The Labute approximate surface area is 202 Å². The van der Waals surface area contributed by atoms with Crippen LogP contribution in [0.1, 0.15) is 5.01 Å².